The van der Waals surface area contributed by atoms with Gasteiger partial charge in [0, 0.05) is 5.41 Å². The van der Waals surface area contributed by atoms with Crippen LogP contribution < -0.4 is 0 Å². The van der Waals surface area contributed by atoms with E-state index in [1.165, 1.54) is 38.5 Å². The molecule has 0 bridgehead atoms. The smallest absolute Gasteiger partial charge is 0.0602 e. The standard InChI is InChI=1S/C29H52O2/c1-18(2)19(3)8-9-20(4)23-10-11-24-22-16-26(31)29(7)17-21(30)12-15-28(29,6)25(22)13-14-27(23,24)5/h18-26,30-31H,8-17H2,1-7H3/t19-,20+,21+,22?,23?,24?,25?,26?,27-,28-,29?/m1/s1. The van der Waals surface area contributed by atoms with E-state index < -0.39 is 0 Å². The Hall–Kier alpha value is -0.0800. The highest BCUT2D eigenvalue weighted by Crippen LogP contribution is 2.71. The van der Waals surface area contributed by atoms with Crippen LogP contribution in [-0.4, -0.2) is 22.4 Å². The monoisotopic (exact) mass is 432 g/mol. The average molecular weight is 433 g/mol. The molecule has 0 heterocycles. The fourth-order valence-electron chi connectivity index (χ4n) is 9.66. The van der Waals surface area contributed by atoms with Gasteiger partial charge < -0.3 is 10.2 Å². The van der Waals surface area contributed by atoms with Gasteiger partial charge in [-0.05, 0) is 104 Å². The van der Waals surface area contributed by atoms with Gasteiger partial charge in [0.2, 0.25) is 0 Å². The van der Waals surface area contributed by atoms with E-state index in [4.69, 9.17) is 0 Å². The van der Waals surface area contributed by atoms with Gasteiger partial charge >= 0.3 is 0 Å². The Bertz CT molecular complexity index is 645. The Kier molecular flexibility index (Phi) is 6.44. The quantitative estimate of drug-likeness (QED) is 0.487. The fourth-order valence-corrected chi connectivity index (χ4v) is 9.66. The van der Waals surface area contributed by atoms with Crippen LogP contribution in [0.15, 0.2) is 0 Å². The molecule has 0 aromatic carbocycles. The maximum atomic E-state index is 11.5. The molecular weight excluding hydrogens is 380 g/mol. The Balaban J connectivity index is 1.52. The SMILES string of the molecule is CC(C)[C@H](C)CC[C@H](C)C1CCC2C3CC(O)C4(C)C[C@@H](O)CC[C@]4(C)C3CC[C@@]21C. The highest BCUT2D eigenvalue weighted by Gasteiger charge is 2.66. The van der Waals surface area contributed by atoms with Crippen molar-refractivity contribution in [1.29, 1.82) is 0 Å². The Morgan fingerprint density at radius 1 is 0.806 bits per heavy atom. The van der Waals surface area contributed by atoms with Crippen LogP contribution >= 0.6 is 0 Å². The molecular formula is C29H52O2. The van der Waals surface area contributed by atoms with Gasteiger partial charge in [-0.15, -0.1) is 0 Å². The largest absolute Gasteiger partial charge is 0.393 e. The summed E-state index contributed by atoms with van der Waals surface area (Å²) in [4.78, 5) is 0. The lowest BCUT2D eigenvalue weighted by Gasteiger charge is -2.66. The molecule has 180 valence electrons. The van der Waals surface area contributed by atoms with Gasteiger partial charge in [0.1, 0.15) is 0 Å². The molecule has 2 N–H and O–H groups in total. The Labute approximate surface area is 193 Å². The van der Waals surface area contributed by atoms with Crippen LogP contribution in [0, 0.1) is 57.7 Å². The lowest BCUT2D eigenvalue weighted by molar-refractivity contribution is -0.219. The van der Waals surface area contributed by atoms with Gasteiger partial charge in [-0.1, -0.05) is 61.3 Å². The van der Waals surface area contributed by atoms with Crippen molar-refractivity contribution >= 4 is 0 Å². The van der Waals surface area contributed by atoms with Crippen molar-refractivity contribution < 1.29 is 10.2 Å². The molecule has 0 saturated heterocycles. The number of hydrogen-bond acceptors (Lipinski definition) is 2. The molecule has 4 saturated carbocycles. The second-order valence-electron chi connectivity index (χ2n) is 13.9. The third-order valence-corrected chi connectivity index (χ3v) is 12.4. The number of aliphatic hydroxyl groups is 2. The van der Waals surface area contributed by atoms with Crippen molar-refractivity contribution in [1.82, 2.24) is 0 Å². The van der Waals surface area contributed by atoms with Gasteiger partial charge in [0.05, 0.1) is 12.2 Å². The molecule has 2 heteroatoms. The summed E-state index contributed by atoms with van der Waals surface area (Å²) in [5, 5.41) is 21.9. The summed E-state index contributed by atoms with van der Waals surface area (Å²) in [6.45, 7) is 17.2. The molecule has 4 fully saturated rings. The van der Waals surface area contributed by atoms with Gasteiger partial charge in [0.25, 0.3) is 0 Å². The zero-order chi connectivity index (χ0) is 22.8. The molecule has 31 heavy (non-hydrogen) atoms. The first-order valence-electron chi connectivity index (χ1n) is 13.8. The summed E-state index contributed by atoms with van der Waals surface area (Å²) in [5.41, 5.74) is 0.545. The minimum Gasteiger partial charge on any atom is -0.393 e. The maximum absolute atomic E-state index is 11.5. The number of fused-ring (bicyclic) bond motifs is 5. The van der Waals surface area contributed by atoms with E-state index in [2.05, 4.69) is 48.5 Å². The first-order chi connectivity index (χ1) is 14.4. The van der Waals surface area contributed by atoms with Crippen LogP contribution in [0.5, 0.6) is 0 Å². The van der Waals surface area contributed by atoms with Crippen LogP contribution in [0.25, 0.3) is 0 Å². The van der Waals surface area contributed by atoms with E-state index in [9.17, 15) is 10.2 Å². The van der Waals surface area contributed by atoms with Gasteiger partial charge in [-0.25, -0.2) is 0 Å². The molecule has 0 aromatic heterocycles. The summed E-state index contributed by atoms with van der Waals surface area (Å²) in [7, 11) is 0. The summed E-state index contributed by atoms with van der Waals surface area (Å²) in [5.74, 6) is 5.54. The molecule has 4 aliphatic carbocycles. The van der Waals surface area contributed by atoms with E-state index in [1.807, 2.05) is 0 Å². The van der Waals surface area contributed by atoms with Crippen molar-refractivity contribution in [3.63, 3.8) is 0 Å². The fraction of sp³-hybridized carbons (Fsp3) is 1.00. The van der Waals surface area contributed by atoms with Gasteiger partial charge in [-0.3, -0.25) is 0 Å². The van der Waals surface area contributed by atoms with E-state index in [-0.39, 0.29) is 23.0 Å². The Morgan fingerprint density at radius 2 is 1.52 bits per heavy atom. The molecule has 6 unspecified atom stereocenters. The highest BCUT2D eigenvalue weighted by molar-refractivity contribution is 5.15. The normalized spacial score (nSPS) is 51.7. The number of rotatable bonds is 5. The second kappa shape index (κ2) is 8.30. The third-order valence-electron chi connectivity index (χ3n) is 12.4. The van der Waals surface area contributed by atoms with Crippen molar-refractivity contribution in [3.8, 4) is 0 Å². The number of aliphatic hydroxyl groups excluding tert-OH is 2. The lowest BCUT2D eigenvalue weighted by Crippen LogP contribution is -2.63. The van der Waals surface area contributed by atoms with Crippen molar-refractivity contribution in [2.75, 3.05) is 0 Å². The topological polar surface area (TPSA) is 40.5 Å². The molecule has 2 nitrogen and oxygen atoms in total. The van der Waals surface area contributed by atoms with Crippen LogP contribution in [0.4, 0.5) is 0 Å². The average Bonchev–Trinajstić information content (AvgIpc) is 3.05. The first kappa shape index (κ1) is 24.1. The van der Waals surface area contributed by atoms with E-state index >= 15 is 0 Å². The maximum Gasteiger partial charge on any atom is 0.0602 e. The number of hydrogen-bond donors (Lipinski definition) is 2. The summed E-state index contributed by atoms with van der Waals surface area (Å²) in [6, 6.07) is 0. The molecule has 0 aliphatic heterocycles. The van der Waals surface area contributed by atoms with E-state index in [0.29, 0.717) is 11.3 Å². The van der Waals surface area contributed by atoms with Crippen molar-refractivity contribution in [3.05, 3.63) is 0 Å². The predicted octanol–water partition coefficient (Wildman–Crippen LogP) is 7.08. The molecule has 4 aliphatic rings. The summed E-state index contributed by atoms with van der Waals surface area (Å²) in [6.07, 6.45) is 11.6. The van der Waals surface area contributed by atoms with Gasteiger partial charge in [0.15, 0.2) is 0 Å². The zero-order valence-corrected chi connectivity index (χ0v) is 21.7. The molecule has 0 aromatic rings. The second-order valence-corrected chi connectivity index (χ2v) is 13.9. The minimum absolute atomic E-state index is 0.113. The highest BCUT2D eigenvalue weighted by atomic mass is 16.3. The van der Waals surface area contributed by atoms with Crippen LogP contribution in [-0.2, 0) is 0 Å². The van der Waals surface area contributed by atoms with Crippen LogP contribution in [0.3, 0.4) is 0 Å². The molecule has 11 atom stereocenters. The van der Waals surface area contributed by atoms with Crippen LogP contribution in [0.1, 0.15) is 113 Å². The van der Waals surface area contributed by atoms with Crippen molar-refractivity contribution in [2.45, 2.75) is 125 Å². The zero-order valence-electron chi connectivity index (χ0n) is 21.7. The molecule has 0 spiro atoms. The molecule has 0 amide bonds. The summed E-state index contributed by atoms with van der Waals surface area (Å²) >= 11 is 0. The predicted molar refractivity (Wildman–Crippen MR) is 130 cm³/mol. The van der Waals surface area contributed by atoms with Gasteiger partial charge in [-0.2, -0.15) is 0 Å². The molecule has 4 rings (SSSR count). The van der Waals surface area contributed by atoms with E-state index in [1.54, 1.807) is 0 Å². The minimum atomic E-state index is -0.251. The molecule has 0 radical (unpaired) electrons. The Morgan fingerprint density at radius 3 is 2.19 bits per heavy atom. The lowest BCUT2D eigenvalue weighted by atomic mass is 9.39. The summed E-state index contributed by atoms with van der Waals surface area (Å²) < 4.78 is 0. The first-order valence-corrected chi connectivity index (χ1v) is 13.8. The third kappa shape index (κ3) is 3.65. The van der Waals surface area contributed by atoms with Crippen LogP contribution in [0.2, 0.25) is 0 Å². The van der Waals surface area contributed by atoms with E-state index in [0.717, 1.165) is 61.2 Å². The van der Waals surface area contributed by atoms with Crippen molar-refractivity contribution in [2.24, 2.45) is 57.7 Å².